The smallest absolute Gasteiger partial charge is 0.337 e. The van der Waals surface area contributed by atoms with Gasteiger partial charge in [-0.3, -0.25) is 0 Å². The monoisotopic (exact) mass is 349 g/mol. The molecule has 0 saturated heterocycles. The normalized spacial score (nSPS) is 19.5. The minimum Gasteiger partial charge on any atom is -0.466 e. The SMILES string of the molecule is CCc1c(F)cccc1[C@H]1C(C(=O)OC)=C(CF)NC2=C1C(=O)OC2. The standard InChI is InChI=1S/C18H17F2NO4/c1-3-9-10(5-4-6-11(9)20)14-15(17(22)24-2)12(7-19)21-13-8-25-18(23)16(13)14/h4-6,14,21H,3,7-8H2,1-2H3/t14-/m0/s1. The van der Waals surface area contributed by atoms with Crippen LogP contribution in [0.5, 0.6) is 0 Å². The molecule has 2 aliphatic rings. The number of rotatable bonds is 4. The number of methoxy groups -OCH3 is 1. The number of esters is 2. The van der Waals surface area contributed by atoms with Crippen LogP contribution in [0.4, 0.5) is 8.78 Å². The van der Waals surface area contributed by atoms with E-state index in [2.05, 4.69) is 5.32 Å². The van der Waals surface area contributed by atoms with Crippen molar-refractivity contribution in [1.82, 2.24) is 5.32 Å². The molecule has 3 rings (SSSR count). The Labute approximate surface area is 143 Å². The Bertz CT molecular complexity index is 813. The summed E-state index contributed by atoms with van der Waals surface area (Å²) in [5.74, 6) is -2.77. The molecule has 0 bridgehead atoms. The summed E-state index contributed by atoms with van der Waals surface area (Å²) in [7, 11) is 1.17. The zero-order valence-electron chi connectivity index (χ0n) is 13.8. The number of hydrogen-bond acceptors (Lipinski definition) is 5. The molecule has 1 aromatic carbocycles. The molecule has 0 saturated carbocycles. The summed E-state index contributed by atoms with van der Waals surface area (Å²) in [5, 5.41) is 2.76. The number of cyclic esters (lactones) is 1. The second-order valence-corrected chi connectivity index (χ2v) is 5.70. The summed E-state index contributed by atoms with van der Waals surface area (Å²) in [6.07, 6.45) is 0.350. The Morgan fingerprint density at radius 1 is 1.44 bits per heavy atom. The molecule has 7 heteroatoms. The van der Waals surface area contributed by atoms with Crippen LogP contribution in [0.2, 0.25) is 0 Å². The molecule has 0 radical (unpaired) electrons. The van der Waals surface area contributed by atoms with Crippen molar-refractivity contribution in [1.29, 1.82) is 0 Å². The molecule has 1 atom stereocenters. The van der Waals surface area contributed by atoms with Crippen LogP contribution in [0.1, 0.15) is 24.0 Å². The second-order valence-electron chi connectivity index (χ2n) is 5.70. The van der Waals surface area contributed by atoms with Crippen LogP contribution >= 0.6 is 0 Å². The zero-order chi connectivity index (χ0) is 18.1. The Kier molecular flexibility index (Phi) is 4.57. The Balaban J connectivity index is 2.28. The van der Waals surface area contributed by atoms with Gasteiger partial charge in [0, 0.05) is 0 Å². The van der Waals surface area contributed by atoms with Crippen LogP contribution in [0.25, 0.3) is 0 Å². The molecule has 5 nitrogen and oxygen atoms in total. The fourth-order valence-corrected chi connectivity index (χ4v) is 3.37. The molecule has 0 aliphatic carbocycles. The van der Waals surface area contributed by atoms with Gasteiger partial charge in [0.15, 0.2) is 0 Å². The first-order chi connectivity index (χ1) is 12.0. The average Bonchev–Trinajstić information content (AvgIpc) is 3.00. The van der Waals surface area contributed by atoms with Gasteiger partial charge >= 0.3 is 11.9 Å². The van der Waals surface area contributed by atoms with E-state index in [4.69, 9.17) is 9.47 Å². The lowest BCUT2D eigenvalue weighted by Crippen LogP contribution is -2.32. The molecule has 0 aromatic heterocycles. The lowest BCUT2D eigenvalue weighted by molar-refractivity contribution is -0.136. The van der Waals surface area contributed by atoms with Crippen molar-refractivity contribution in [2.24, 2.45) is 0 Å². The Morgan fingerprint density at radius 3 is 2.84 bits per heavy atom. The third-order valence-electron chi connectivity index (χ3n) is 4.46. The van der Waals surface area contributed by atoms with E-state index in [0.717, 1.165) is 0 Å². The number of dihydropyridines is 1. The number of ether oxygens (including phenoxy) is 2. The summed E-state index contributed by atoms with van der Waals surface area (Å²) in [4.78, 5) is 24.6. The summed E-state index contributed by atoms with van der Waals surface area (Å²) >= 11 is 0. The third-order valence-corrected chi connectivity index (χ3v) is 4.46. The predicted octanol–water partition coefficient (Wildman–Crippen LogP) is 2.28. The highest BCUT2D eigenvalue weighted by Crippen LogP contribution is 2.43. The van der Waals surface area contributed by atoms with E-state index in [1.54, 1.807) is 13.0 Å². The van der Waals surface area contributed by atoms with Crippen LogP contribution in [0.15, 0.2) is 40.7 Å². The van der Waals surface area contributed by atoms with Gasteiger partial charge in [0.2, 0.25) is 0 Å². The highest BCUT2D eigenvalue weighted by atomic mass is 19.1. The maximum Gasteiger partial charge on any atom is 0.337 e. The van der Waals surface area contributed by atoms with Crippen molar-refractivity contribution in [3.8, 4) is 0 Å². The number of allylic oxidation sites excluding steroid dienone is 1. The number of benzene rings is 1. The maximum absolute atomic E-state index is 14.3. The van der Waals surface area contributed by atoms with E-state index in [0.29, 0.717) is 23.2 Å². The number of hydrogen-bond donors (Lipinski definition) is 1. The molecule has 2 aliphatic heterocycles. The van der Waals surface area contributed by atoms with Gasteiger partial charge in [-0.15, -0.1) is 0 Å². The van der Waals surface area contributed by atoms with Crippen LogP contribution in [0.3, 0.4) is 0 Å². The summed E-state index contributed by atoms with van der Waals surface area (Å²) < 4.78 is 37.7. The second kappa shape index (κ2) is 6.66. The predicted molar refractivity (Wildman–Crippen MR) is 84.7 cm³/mol. The van der Waals surface area contributed by atoms with Crippen molar-refractivity contribution < 1.29 is 27.8 Å². The quantitative estimate of drug-likeness (QED) is 0.845. The average molecular weight is 349 g/mol. The molecule has 1 aromatic rings. The minimum absolute atomic E-state index is 0.000198. The maximum atomic E-state index is 14.3. The van der Waals surface area contributed by atoms with E-state index < -0.39 is 30.3 Å². The van der Waals surface area contributed by atoms with Crippen LogP contribution in [-0.4, -0.2) is 32.3 Å². The van der Waals surface area contributed by atoms with E-state index in [1.807, 2.05) is 0 Å². The van der Waals surface area contributed by atoms with Crippen molar-refractivity contribution in [3.05, 3.63) is 57.7 Å². The van der Waals surface area contributed by atoms with Crippen molar-refractivity contribution in [2.75, 3.05) is 20.4 Å². The lowest BCUT2D eigenvalue weighted by Gasteiger charge is -2.29. The number of alkyl halides is 1. The van der Waals surface area contributed by atoms with E-state index in [9.17, 15) is 18.4 Å². The van der Waals surface area contributed by atoms with Crippen molar-refractivity contribution in [2.45, 2.75) is 19.3 Å². The topological polar surface area (TPSA) is 64.6 Å². The molecule has 0 spiro atoms. The molecule has 0 fully saturated rings. The first-order valence-corrected chi connectivity index (χ1v) is 7.85. The number of carbonyl (C=O) groups is 2. The van der Waals surface area contributed by atoms with Gasteiger partial charge in [0.05, 0.1) is 35.6 Å². The summed E-state index contributed by atoms with van der Waals surface area (Å²) in [6, 6.07) is 4.44. The van der Waals surface area contributed by atoms with Gasteiger partial charge in [0.25, 0.3) is 0 Å². The molecule has 0 unspecified atom stereocenters. The third kappa shape index (κ3) is 2.69. The molecule has 0 amide bonds. The molecule has 25 heavy (non-hydrogen) atoms. The lowest BCUT2D eigenvalue weighted by atomic mass is 9.78. The summed E-state index contributed by atoms with van der Waals surface area (Å²) in [6.45, 7) is 0.769. The summed E-state index contributed by atoms with van der Waals surface area (Å²) in [5.41, 5.74) is 1.34. The zero-order valence-corrected chi connectivity index (χ0v) is 13.8. The van der Waals surface area contributed by atoms with Gasteiger partial charge in [0.1, 0.15) is 19.1 Å². The van der Waals surface area contributed by atoms with Gasteiger partial charge in [-0.05, 0) is 23.6 Å². The highest BCUT2D eigenvalue weighted by molar-refractivity contribution is 6.01. The number of halogens is 2. The van der Waals surface area contributed by atoms with Gasteiger partial charge < -0.3 is 14.8 Å². The van der Waals surface area contributed by atoms with Gasteiger partial charge in [-0.25, -0.2) is 18.4 Å². The van der Waals surface area contributed by atoms with E-state index in [1.165, 1.54) is 19.2 Å². The fraction of sp³-hybridized carbons (Fsp3) is 0.333. The van der Waals surface area contributed by atoms with E-state index >= 15 is 0 Å². The Morgan fingerprint density at radius 2 is 2.20 bits per heavy atom. The van der Waals surface area contributed by atoms with Crippen LogP contribution < -0.4 is 5.32 Å². The molecular weight excluding hydrogens is 332 g/mol. The van der Waals surface area contributed by atoms with Gasteiger partial charge in [-0.2, -0.15) is 0 Å². The molecule has 1 N–H and O–H groups in total. The minimum atomic E-state index is -0.956. The Hall–Kier alpha value is -2.70. The molecule has 132 valence electrons. The van der Waals surface area contributed by atoms with E-state index in [-0.39, 0.29) is 23.5 Å². The van der Waals surface area contributed by atoms with Gasteiger partial charge in [-0.1, -0.05) is 19.1 Å². The number of nitrogens with one attached hydrogen (secondary N) is 1. The largest absolute Gasteiger partial charge is 0.466 e. The van der Waals surface area contributed by atoms with Crippen molar-refractivity contribution in [3.63, 3.8) is 0 Å². The first kappa shape index (κ1) is 17.1. The van der Waals surface area contributed by atoms with Crippen LogP contribution in [0, 0.1) is 5.82 Å². The highest BCUT2D eigenvalue weighted by Gasteiger charge is 2.43. The number of carbonyl (C=O) groups excluding carboxylic acids is 2. The fourth-order valence-electron chi connectivity index (χ4n) is 3.37. The van der Waals surface area contributed by atoms with Crippen LogP contribution in [-0.2, 0) is 25.5 Å². The molecular formula is C18H17F2NO4. The van der Waals surface area contributed by atoms with Crippen molar-refractivity contribution >= 4 is 11.9 Å². The first-order valence-electron chi connectivity index (χ1n) is 7.85. The molecule has 2 heterocycles.